The van der Waals surface area contributed by atoms with Gasteiger partial charge in [-0.2, -0.15) is 0 Å². The molecule has 0 bridgehead atoms. The average Bonchev–Trinajstić information content (AvgIpc) is 3.23. The molecule has 1 atom stereocenters. The van der Waals surface area contributed by atoms with Crippen LogP contribution in [0.1, 0.15) is 34.0 Å². The van der Waals surface area contributed by atoms with E-state index in [0.29, 0.717) is 22.8 Å². The van der Waals surface area contributed by atoms with Crippen molar-refractivity contribution in [2.24, 2.45) is 0 Å². The van der Waals surface area contributed by atoms with Crippen LogP contribution < -0.4 is 9.62 Å². The van der Waals surface area contributed by atoms with Crippen LogP contribution in [-0.4, -0.2) is 31.6 Å². The molecule has 1 amide bonds. The third-order valence-corrected chi connectivity index (χ3v) is 7.26. The number of carbonyl (C=O) groups is 1. The van der Waals surface area contributed by atoms with Crippen LogP contribution in [0.2, 0.25) is 0 Å². The number of aryl methyl sites for hydroxylation is 2. The van der Waals surface area contributed by atoms with Crippen LogP contribution in [0.15, 0.2) is 41.8 Å². The summed E-state index contributed by atoms with van der Waals surface area (Å²) in [5.74, 6) is -0.259. The summed E-state index contributed by atoms with van der Waals surface area (Å²) in [4.78, 5) is 17.3. The zero-order valence-corrected chi connectivity index (χ0v) is 18.9. The number of amides is 1. The molecule has 0 saturated heterocycles. The molecule has 6 nitrogen and oxygen atoms in total. The molecule has 0 saturated carbocycles. The highest BCUT2D eigenvalue weighted by Crippen LogP contribution is 2.35. The van der Waals surface area contributed by atoms with Gasteiger partial charge in [0.25, 0.3) is 5.91 Å². The van der Waals surface area contributed by atoms with Crippen molar-refractivity contribution in [3.8, 4) is 11.3 Å². The zero-order chi connectivity index (χ0) is 21.6. The SMILES string of the molecule is Cc1ccc(-c2csc(NC(=O)c3ccc4c(c3)C[C@@H](C)N4S(C)(=O)=O)n2)c(C)c1. The van der Waals surface area contributed by atoms with Gasteiger partial charge >= 0.3 is 0 Å². The van der Waals surface area contributed by atoms with Crippen LogP contribution >= 0.6 is 11.3 Å². The van der Waals surface area contributed by atoms with Gasteiger partial charge in [0.05, 0.1) is 17.6 Å². The summed E-state index contributed by atoms with van der Waals surface area (Å²) in [6.45, 7) is 5.96. The first kappa shape index (κ1) is 20.6. The van der Waals surface area contributed by atoms with Crippen molar-refractivity contribution in [3.63, 3.8) is 0 Å². The topological polar surface area (TPSA) is 79.4 Å². The summed E-state index contributed by atoms with van der Waals surface area (Å²) in [6, 6.07) is 11.2. The lowest BCUT2D eigenvalue weighted by molar-refractivity contribution is 0.102. The number of nitrogens with zero attached hydrogens (tertiary/aromatic N) is 2. The highest BCUT2D eigenvalue weighted by molar-refractivity contribution is 7.92. The smallest absolute Gasteiger partial charge is 0.257 e. The summed E-state index contributed by atoms with van der Waals surface area (Å²) >= 11 is 1.38. The van der Waals surface area contributed by atoms with Crippen molar-refractivity contribution in [3.05, 3.63) is 64.0 Å². The molecule has 0 unspecified atom stereocenters. The van der Waals surface area contributed by atoms with E-state index in [4.69, 9.17) is 0 Å². The number of aromatic nitrogens is 1. The average molecular weight is 442 g/mol. The van der Waals surface area contributed by atoms with Crippen molar-refractivity contribution >= 4 is 38.1 Å². The molecule has 8 heteroatoms. The Balaban J connectivity index is 1.55. The largest absolute Gasteiger partial charge is 0.298 e. The number of benzene rings is 2. The summed E-state index contributed by atoms with van der Waals surface area (Å²) in [6.07, 6.45) is 1.78. The molecule has 0 radical (unpaired) electrons. The van der Waals surface area contributed by atoms with Gasteiger partial charge in [-0.3, -0.25) is 14.4 Å². The Hall–Kier alpha value is -2.71. The normalized spacial score (nSPS) is 15.9. The van der Waals surface area contributed by atoms with Gasteiger partial charge in [-0.15, -0.1) is 11.3 Å². The van der Waals surface area contributed by atoms with Gasteiger partial charge in [-0.25, -0.2) is 13.4 Å². The number of hydrogen-bond donors (Lipinski definition) is 1. The van der Waals surface area contributed by atoms with E-state index in [-0.39, 0.29) is 11.9 Å². The molecular formula is C22H23N3O3S2. The van der Waals surface area contributed by atoms with Crippen molar-refractivity contribution in [1.82, 2.24) is 4.98 Å². The quantitative estimate of drug-likeness (QED) is 0.651. The fraction of sp³-hybridized carbons (Fsp3) is 0.273. The Kier molecular flexibility index (Phi) is 5.15. The number of sulfonamides is 1. The predicted octanol–water partition coefficient (Wildman–Crippen LogP) is 4.39. The Morgan fingerprint density at radius 2 is 1.97 bits per heavy atom. The second kappa shape index (κ2) is 7.52. The summed E-state index contributed by atoms with van der Waals surface area (Å²) in [5.41, 5.74) is 6.20. The molecule has 3 aromatic rings. The first-order valence-corrected chi connectivity index (χ1v) is 12.3. The number of nitrogens with one attached hydrogen (secondary N) is 1. The van der Waals surface area contributed by atoms with Crippen molar-refractivity contribution in [2.75, 3.05) is 15.9 Å². The Bertz CT molecular complexity index is 1250. The molecule has 1 N–H and O–H groups in total. The van der Waals surface area contributed by atoms with Crippen LogP contribution in [0, 0.1) is 13.8 Å². The first-order valence-electron chi connectivity index (χ1n) is 9.60. The Morgan fingerprint density at radius 3 is 2.67 bits per heavy atom. The second-order valence-electron chi connectivity index (χ2n) is 7.77. The summed E-state index contributed by atoms with van der Waals surface area (Å²) < 4.78 is 25.6. The lowest BCUT2D eigenvalue weighted by Gasteiger charge is -2.21. The summed E-state index contributed by atoms with van der Waals surface area (Å²) in [7, 11) is -3.35. The number of hydrogen-bond acceptors (Lipinski definition) is 5. The fourth-order valence-corrected chi connectivity index (χ4v) is 5.94. The summed E-state index contributed by atoms with van der Waals surface area (Å²) in [5, 5.41) is 5.32. The molecule has 156 valence electrons. The van der Waals surface area contributed by atoms with E-state index in [9.17, 15) is 13.2 Å². The minimum absolute atomic E-state index is 0.160. The molecule has 2 aromatic carbocycles. The fourth-order valence-electron chi connectivity index (χ4n) is 3.97. The number of thiazole rings is 1. The zero-order valence-electron chi connectivity index (χ0n) is 17.3. The minimum atomic E-state index is -3.35. The lowest BCUT2D eigenvalue weighted by Crippen LogP contribution is -2.34. The van der Waals surface area contributed by atoms with Crippen LogP contribution in [0.5, 0.6) is 0 Å². The molecule has 1 aliphatic rings. The number of fused-ring (bicyclic) bond motifs is 1. The molecule has 30 heavy (non-hydrogen) atoms. The number of carbonyl (C=O) groups excluding carboxylic acids is 1. The van der Waals surface area contributed by atoms with E-state index in [0.717, 1.165) is 22.4 Å². The van der Waals surface area contributed by atoms with Gasteiger partial charge in [0.2, 0.25) is 10.0 Å². The van der Waals surface area contributed by atoms with Crippen molar-refractivity contribution in [2.45, 2.75) is 33.2 Å². The maximum absolute atomic E-state index is 12.8. The van der Waals surface area contributed by atoms with Crippen LogP contribution in [0.4, 0.5) is 10.8 Å². The van der Waals surface area contributed by atoms with E-state index in [1.54, 1.807) is 18.2 Å². The van der Waals surface area contributed by atoms with Gasteiger partial charge in [0.15, 0.2) is 5.13 Å². The standard InChI is InChI=1S/C22H23N3O3S2/c1-13-5-7-18(14(2)9-13)19-12-29-22(23-19)24-21(26)16-6-8-20-17(11-16)10-15(3)25(20)30(4,27)28/h5-9,11-12,15H,10H2,1-4H3,(H,23,24,26)/t15-/m1/s1. The Labute approximate surface area is 180 Å². The van der Waals surface area contributed by atoms with E-state index in [1.807, 2.05) is 31.4 Å². The minimum Gasteiger partial charge on any atom is -0.298 e. The molecule has 1 aromatic heterocycles. The van der Waals surface area contributed by atoms with Gasteiger partial charge in [0.1, 0.15) is 0 Å². The molecule has 4 rings (SSSR count). The van der Waals surface area contributed by atoms with E-state index < -0.39 is 10.0 Å². The van der Waals surface area contributed by atoms with Gasteiger partial charge in [-0.1, -0.05) is 23.8 Å². The highest BCUT2D eigenvalue weighted by Gasteiger charge is 2.32. The maximum atomic E-state index is 12.8. The molecule has 0 aliphatic carbocycles. The molecule has 1 aliphatic heterocycles. The van der Waals surface area contributed by atoms with E-state index in [2.05, 4.69) is 23.3 Å². The number of rotatable bonds is 4. The van der Waals surface area contributed by atoms with Gasteiger partial charge in [0, 0.05) is 22.5 Å². The van der Waals surface area contributed by atoms with Crippen LogP contribution in [0.25, 0.3) is 11.3 Å². The third-order valence-electron chi connectivity index (χ3n) is 5.23. The Morgan fingerprint density at radius 1 is 1.20 bits per heavy atom. The maximum Gasteiger partial charge on any atom is 0.257 e. The highest BCUT2D eigenvalue weighted by atomic mass is 32.2. The van der Waals surface area contributed by atoms with Crippen molar-refractivity contribution < 1.29 is 13.2 Å². The van der Waals surface area contributed by atoms with Crippen LogP contribution in [-0.2, 0) is 16.4 Å². The first-order chi connectivity index (χ1) is 14.1. The van der Waals surface area contributed by atoms with Gasteiger partial charge in [-0.05, 0) is 56.5 Å². The monoisotopic (exact) mass is 441 g/mol. The second-order valence-corrected chi connectivity index (χ2v) is 10.5. The third kappa shape index (κ3) is 3.85. The lowest BCUT2D eigenvalue weighted by atomic mass is 10.0. The van der Waals surface area contributed by atoms with Crippen LogP contribution in [0.3, 0.4) is 0 Å². The molecule has 0 fully saturated rings. The molecule has 0 spiro atoms. The predicted molar refractivity (Wildman–Crippen MR) is 122 cm³/mol. The van der Waals surface area contributed by atoms with E-state index >= 15 is 0 Å². The van der Waals surface area contributed by atoms with E-state index in [1.165, 1.54) is 27.5 Å². The van der Waals surface area contributed by atoms with Crippen molar-refractivity contribution in [1.29, 1.82) is 0 Å². The molecule has 2 heterocycles. The number of anilines is 2. The van der Waals surface area contributed by atoms with Gasteiger partial charge < -0.3 is 0 Å². The molecular weight excluding hydrogens is 418 g/mol.